The van der Waals surface area contributed by atoms with Gasteiger partial charge in [-0.1, -0.05) is 86.5 Å². The summed E-state index contributed by atoms with van der Waals surface area (Å²) >= 11 is 0. The van der Waals surface area contributed by atoms with Gasteiger partial charge in [0.15, 0.2) is 0 Å². The molecule has 0 aromatic heterocycles. The number of likely N-dealkylation sites (tertiary alicyclic amines) is 1. The normalized spacial score (nSPS) is 17.0. The van der Waals surface area contributed by atoms with Crippen LogP contribution in [0.5, 0.6) is 0 Å². The molecule has 1 heterocycles. The third-order valence-electron chi connectivity index (χ3n) is 16.1. The molecular formula is C62H113N11O13. The average molecular weight is 1220 g/mol. The minimum absolute atomic E-state index is 0.000265. The molecule has 86 heavy (non-hydrogen) atoms. The smallest absolute Gasteiger partial charge is 0.246 e. The summed E-state index contributed by atoms with van der Waals surface area (Å²) in [4.78, 5) is 153. The monoisotopic (exact) mass is 1220 g/mol. The van der Waals surface area contributed by atoms with Crippen molar-refractivity contribution in [3.8, 4) is 0 Å². The molecule has 8 unspecified atom stereocenters. The molecule has 24 nitrogen and oxygen atoms in total. The van der Waals surface area contributed by atoms with Gasteiger partial charge in [-0.15, -0.1) is 0 Å². The predicted molar refractivity (Wildman–Crippen MR) is 330 cm³/mol. The summed E-state index contributed by atoms with van der Waals surface area (Å²) in [6, 6.07) is -5.96. The number of nitrogens with zero attached hydrogens (tertiary/aromatic N) is 2. The Bertz CT molecular complexity index is 2280. The van der Waals surface area contributed by atoms with Crippen LogP contribution in [0.1, 0.15) is 214 Å². The Balaban J connectivity index is 3.14. The van der Waals surface area contributed by atoms with E-state index in [1.165, 1.54) is 75.7 Å². The van der Waals surface area contributed by atoms with Crippen LogP contribution in [-0.4, -0.2) is 183 Å². The zero-order valence-corrected chi connectivity index (χ0v) is 55.5. The second-order valence-corrected chi connectivity index (χ2v) is 26.4. The maximum atomic E-state index is 14.1. The van der Waals surface area contributed by atoms with Crippen LogP contribution in [0.15, 0.2) is 0 Å². The number of carbonyl (C=O) groups excluding carboxylic acids is 11. The molecule has 0 bridgehead atoms. The number of nitrogens with one attached hydrogen (secondary N) is 9. The lowest BCUT2D eigenvalue weighted by atomic mass is 9.93. The minimum atomic E-state index is -1.69. The Kier molecular flexibility index (Phi) is 33.2. The highest BCUT2D eigenvalue weighted by molar-refractivity contribution is 6.01. The van der Waals surface area contributed by atoms with Crippen LogP contribution in [0, 0.1) is 17.8 Å². The second kappa shape index (κ2) is 36.5. The number of aliphatic hydroxyl groups excluding tert-OH is 2. The van der Waals surface area contributed by atoms with Crippen LogP contribution < -0.4 is 47.9 Å². The predicted octanol–water partition coefficient (Wildman–Crippen LogP) is 2.93. The summed E-state index contributed by atoms with van der Waals surface area (Å²) in [5, 5.41) is 44.1. The van der Waals surface area contributed by atoms with Crippen molar-refractivity contribution in [3.63, 3.8) is 0 Å². The van der Waals surface area contributed by atoms with E-state index in [1.807, 2.05) is 18.7 Å². The number of Topliss-reactive ketones (excluding diaryl/α,β-unsaturated/α-hetero) is 1. The summed E-state index contributed by atoms with van der Waals surface area (Å²) in [5.41, 5.74) is -6.35. The van der Waals surface area contributed by atoms with E-state index in [0.717, 1.165) is 32.1 Å². The number of likely N-dealkylation sites (N-methyl/N-ethyl adjacent to an activating group) is 1. The average Bonchev–Trinajstić information content (AvgIpc) is 1.88. The molecule has 0 aromatic carbocycles. The van der Waals surface area contributed by atoms with Crippen molar-refractivity contribution in [2.24, 2.45) is 17.8 Å². The molecule has 1 rings (SSSR count). The Morgan fingerprint density at radius 2 is 1.09 bits per heavy atom. The van der Waals surface area contributed by atoms with Gasteiger partial charge in [0.25, 0.3) is 0 Å². The first-order valence-electron chi connectivity index (χ1n) is 31.4. The molecule has 11 N–H and O–H groups in total. The number of aliphatic hydroxyl groups is 2. The van der Waals surface area contributed by atoms with Gasteiger partial charge in [0.1, 0.15) is 58.1 Å². The van der Waals surface area contributed by atoms with E-state index in [2.05, 4.69) is 54.8 Å². The summed E-state index contributed by atoms with van der Waals surface area (Å²) in [5.74, 6) is -7.31. The van der Waals surface area contributed by atoms with Crippen LogP contribution in [0.3, 0.4) is 0 Å². The summed E-state index contributed by atoms with van der Waals surface area (Å²) in [6.45, 7) is 28.4. The summed E-state index contributed by atoms with van der Waals surface area (Å²) in [7, 11) is 1.80. The first kappa shape index (κ1) is 78.3. The molecule has 1 aliphatic rings. The summed E-state index contributed by atoms with van der Waals surface area (Å²) in [6.07, 6.45) is 8.78. The standard InChI is InChI=1S/C62H113N11O13/c1-19-22-23-24-25-26-28-40(6)54(82)73-32-27-29-47(73)52(80)66-46(31-30-38(4)35-45(76)36-44(75)21-3)51(79)64-42(8)49(77)68-62(16,17)58(86)71-60(12,13)56(84)67-48(39(5)20-2)53(81)65-43(9)50(78)69-61(14,15)57(85)70-59(10,11)55(83)63-41(7)37-72(18)33-34-74/h38-43,45-48,74,76H,19-37H2,1-18H3,(H,63,83)(H,64,79)(H,65,81)(H,66,80)(H,67,84)(H,68,77)(H,69,78)(H,70,85)(H,71,86)/t38-,39?,40+,41?,42?,43?,45?,46?,47?,48?/m0/s1. The molecule has 1 aliphatic heterocycles. The van der Waals surface area contributed by atoms with Gasteiger partial charge in [0.2, 0.25) is 59.1 Å². The third-order valence-corrected chi connectivity index (χ3v) is 16.1. The van der Waals surface area contributed by atoms with Gasteiger partial charge in [0.05, 0.1) is 12.7 Å². The van der Waals surface area contributed by atoms with Crippen molar-refractivity contribution in [1.29, 1.82) is 0 Å². The van der Waals surface area contributed by atoms with Crippen molar-refractivity contribution in [2.75, 3.05) is 33.3 Å². The Hall–Kier alpha value is -5.75. The Morgan fingerprint density at radius 1 is 0.593 bits per heavy atom. The highest BCUT2D eigenvalue weighted by Gasteiger charge is 2.43. The first-order valence-corrected chi connectivity index (χ1v) is 31.4. The van der Waals surface area contributed by atoms with Crippen LogP contribution in [-0.2, 0) is 52.7 Å². The van der Waals surface area contributed by atoms with Gasteiger partial charge in [-0.25, -0.2) is 0 Å². The molecule has 0 spiro atoms. The number of amides is 10. The van der Waals surface area contributed by atoms with Crippen LogP contribution in [0.4, 0.5) is 0 Å². The lowest BCUT2D eigenvalue weighted by molar-refractivity contribution is -0.142. The van der Waals surface area contributed by atoms with Crippen LogP contribution in [0.2, 0.25) is 0 Å². The molecule has 1 saturated heterocycles. The summed E-state index contributed by atoms with van der Waals surface area (Å²) < 4.78 is 0. The topological polar surface area (TPSA) is 343 Å². The van der Waals surface area contributed by atoms with Crippen LogP contribution in [0.25, 0.3) is 0 Å². The van der Waals surface area contributed by atoms with E-state index in [0.29, 0.717) is 51.7 Å². The molecule has 0 aliphatic carbocycles. The molecule has 0 aromatic rings. The molecular weight excluding hydrogens is 1110 g/mol. The first-order chi connectivity index (χ1) is 39.8. The number of rotatable bonds is 40. The van der Waals surface area contributed by atoms with Gasteiger partial charge in [-0.3, -0.25) is 52.7 Å². The lowest BCUT2D eigenvalue weighted by Crippen LogP contribution is -2.66. The number of carbonyl (C=O) groups is 11. The van der Waals surface area contributed by atoms with Gasteiger partial charge < -0.3 is 67.9 Å². The van der Waals surface area contributed by atoms with Crippen molar-refractivity contribution in [1.82, 2.24) is 57.7 Å². The van der Waals surface area contributed by atoms with Gasteiger partial charge in [-0.2, -0.15) is 0 Å². The molecule has 10 atom stereocenters. The van der Waals surface area contributed by atoms with E-state index in [1.54, 1.807) is 39.6 Å². The van der Waals surface area contributed by atoms with E-state index < -0.39 is 118 Å². The molecule has 10 amide bonds. The van der Waals surface area contributed by atoms with Crippen LogP contribution >= 0.6 is 0 Å². The lowest BCUT2D eigenvalue weighted by Gasteiger charge is -2.34. The highest BCUT2D eigenvalue weighted by atomic mass is 16.3. The van der Waals surface area contributed by atoms with Crippen molar-refractivity contribution >= 4 is 64.9 Å². The zero-order chi connectivity index (χ0) is 66.1. The molecule has 494 valence electrons. The largest absolute Gasteiger partial charge is 0.395 e. The fraction of sp³-hybridized carbons (Fsp3) is 0.823. The van der Waals surface area contributed by atoms with E-state index in [9.17, 15) is 63.0 Å². The maximum absolute atomic E-state index is 14.1. The quantitative estimate of drug-likeness (QED) is 0.0393. The SMILES string of the molecule is CCCCCCCC[C@@H](C)C(=O)N1CCCC1C(=O)NC(CC[C@H](C)CC(O)CC(=O)CC)C(=O)NC(C)C(=O)NC(C)(C)C(=O)NC(C)(C)C(=O)NC(C(=O)NC(C)C(=O)NC(C)(C)C(=O)NC(C)(C)C(=O)NC(C)CN(C)CCO)C(C)CC. The third kappa shape index (κ3) is 26.7. The van der Waals surface area contributed by atoms with E-state index >= 15 is 0 Å². The molecule has 0 radical (unpaired) electrons. The molecule has 0 saturated carbocycles. The Labute approximate surface area is 513 Å². The van der Waals surface area contributed by atoms with Gasteiger partial charge >= 0.3 is 0 Å². The maximum Gasteiger partial charge on any atom is 0.246 e. The highest BCUT2D eigenvalue weighted by Crippen LogP contribution is 2.24. The van der Waals surface area contributed by atoms with E-state index in [-0.39, 0.29) is 61.9 Å². The van der Waals surface area contributed by atoms with Gasteiger partial charge in [-0.05, 0) is 134 Å². The molecule has 24 heteroatoms. The second-order valence-electron chi connectivity index (χ2n) is 26.4. The Morgan fingerprint density at radius 3 is 1.60 bits per heavy atom. The fourth-order valence-electron chi connectivity index (χ4n) is 9.89. The number of unbranched alkanes of at least 4 members (excludes halogenated alkanes) is 5. The van der Waals surface area contributed by atoms with Crippen molar-refractivity contribution in [2.45, 2.75) is 279 Å². The van der Waals surface area contributed by atoms with E-state index in [4.69, 9.17) is 0 Å². The van der Waals surface area contributed by atoms with Crippen molar-refractivity contribution < 1.29 is 63.0 Å². The number of hydrogen-bond acceptors (Lipinski definition) is 14. The number of hydrogen-bond donors (Lipinski definition) is 11. The zero-order valence-electron chi connectivity index (χ0n) is 55.5. The fourth-order valence-corrected chi connectivity index (χ4v) is 9.89. The van der Waals surface area contributed by atoms with Crippen molar-refractivity contribution in [3.05, 3.63) is 0 Å². The minimum Gasteiger partial charge on any atom is -0.395 e. The number of ketones is 1. The molecule has 1 fully saturated rings. The van der Waals surface area contributed by atoms with Gasteiger partial charge in [0, 0.05) is 44.4 Å².